The quantitative estimate of drug-likeness (QED) is 0.782. The number of aromatic nitrogens is 2. The smallest absolute Gasteiger partial charge is 0.224 e. The zero-order chi connectivity index (χ0) is 13.5. The molecular weight excluding hydrogens is 230 g/mol. The van der Waals surface area contributed by atoms with Gasteiger partial charge in [0.15, 0.2) is 0 Å². The highest BCUT2D eigenvalue weighted by molar-refractivity contribution is 5.76. The summed E-state index contributed by atoms with van der Waals surface area (Å²) in [5.41, 5.74) is 0.996. The average Bonchev–Trinajstić information content (AvgIpc) is 2.38. The lowest BCUT2D eigenvalue weighted by atomic mass is 10.3. The molecular formula is C12H21N5O. The van der Waals surface area contributed by atoms with E-state index in [2.05, 4.69) is 20.6 Å². The fraction of sp³-hybridized carbons (Fsp3) is 0.583. The summed E-state index contributed by atoms with van der Waals surface area (Å²) < 4.78 is 0. The van der Waals surface area contributed by atoms with Gasteiger partial charge in [0.1, 0.15) is 5.82 Å². The zero-order valence-corrected chi connectivity index (χ0v) is 11.4. The van der Waals surface area contributed by atoms with Crippen LogP contribution in [0.5, 0.6) is 0 Å². The molecule has 0 aromatic carbocycles. The van der Waals surface area contributed by atoms with Gasteiger partial charge in [0, 0.05) is 45.4 Å². The minimum Gasteiger partial charge on any atom is -0.359 e. The number of anilines is 2. The maximum absolute atomic E-state index is 11.2. The third-order valence-electron chi connectivity index (χ3n) is 2.59. The first-order valence-electron chi connectivity index (χ1n) is 6.07. The van der Waals surface area contributed by atoms with E-state index < -0.39 is 0 Å². The van der Waals surface area contributed by atoms with Gasteiger partial charge in [0.05, 0.1) is 0 Å². The van der Waals surface area contributed by atoms with E-state index in [0.29, 0.717) is 18.9 Å². The van der Waals surface area contributed by atoms with E-state index in [-0.39, 0.29) is 5.91 Å². The molecule has 0 atom stereocenters. The van der Waals surface area contributed by atoms with Crippen molar-refractivity contribution in [1.29, 1.82) is 0 Å². The Morgan fingerprint density at radius 1 is 1.50 bits per heavy atom. The summed E-state index contributed by atoms with van der Waals surface area (Å²) in [5, 5.41) is 5.69. The first-order chi connectivity index (χ1) is 8.58. The molecule has 0 radical (unpaired) electrons. The number of nitrogens with zero attached hydrogens (tertiary/aromatic N) is 3. The number of aryl methyl sites for hydroxylation is 1. The monoisotopic (exact) mass is 251 g/mol. The van der Waals surface area contributed by atoms with Crippen LogP contribution in [-0.2, 0) is 4.79 Å². The van der Waals surface area contributed by atoms with E-state index in [1.807, 2.05) is 25.8 Å². The summed E-state index contributed by atoms with van der Waals surface area (Å²) in [5.74, 6) is 1.50. The van der Waals surface area contributed by atoms with Crippen LogP contribution in [-0.4, -0.2) is 43.1 Å². The molecule has 0 bridgehead atoms. The highest BCUT2D eigenvalue weighted by Crippen LogP contribution is 2.16. The summed E-state index contributed by atoms with van der Waals surface area (Å²) in [6.45, 7) is 5.37. The molecule has 0 aliphatic carbocycles. The molecule has 2 N–H and O–H groups in total. The molecule has 0 saturated heterocycles. The number of carbonyl (C=O) groups excluding carboxylic acids is 1. The molecule has 0 spiro atoms. The average molecular weight is 251 g/mol. The fourth-order valence-electron chi connectivity index (χ4n) is 1.56. The molecule has 6 heteroatoms. The molecule has 1 heterocycles. The normalized spacial score (nSPS) is 10.0. The number of hydrogen-bond acceptors (Lipinski definition) is 5. The molecule has 100 valence electrons. The van der Waals surface area contributed by atoms with Crippen LogP contribution in [0.15, 0.2) is 6.20 Å². The van der Waals surface area contributed by atoms with Crippen LogP contribution in [0, 0.1) is 6.92 Å². The number of hydrogen-bond donors (Lipinski definition) is 2. The van der Waals surface area contributed by atoms with Crippen molar-refractivity contribution < 1.29 is 4.79 Å². The van der Waals surface area contributed by atoms with Crippen molar-refractivity contribution in [3.8, 4) is 0 Å². The Labute approximate surface area is 108 Å². The van der Waals surface area contributed by atoms with Gasteiger partial charge < -0.3 is 15.5 Å². The molecule has 1 rings (SSSR count). The Balaban J connectivity index is 2.74. The second kappa shape index (κ2) is 6.78. The van der Waals surface area contributed by atoms with Crippen molar-refractivity contribution in [2.45, 2.75) is 20.3 Å². The molecule has 18 heavy (non-hydrogen) atoms. The highest BCUT2D eigenvalue weighted by atomic mass is 16.1. The minimum atomic E-state index is 0.0282. The largest absolute Gasteiger partial charge is 0.359 e. The zero-order valence-electron chi connectivity index (χ0n) is 11.4. The van der Waals surface area contributed by atoms with Crippen LogP contribution in [0.1, 0.15) is 18.9 Å². The van der Waals surface area contributed by atoms with Crippen LogP contribution in [0.4, 0.5) is 11.8 Å². The van der Waals surface area contributed by atoms with Gasteiger partial charge in [-0.2, -0.15) is 4.98 Å². The molecule has 0 aliphatic rings. The van der Waals surface area contributed by atoms with E-state index in [9.17, 15) is 4.79 Å². The number of nitrogens with one attached hydrogen (secondary N) is 2. The van der Waals surface area contributed by atoms with Crippen LogP contribution < -0.4 is 15.5 Å². The second-order valence-corrected chi connectivity index (χ2v) is 4.08. The highest BCUT2D eigenvalue weighted by Gasteiger charge is 2.09. The molecule has 0 saturated carbocycles. The predicted octanol–water partition coefficient (Wildman–Crippen LogP) is 0.789. The Hall–Kier alpha value is -1.85. The van der Waals surface area contributed by atoms with Gasteiger partial charge in [-0.05, 0) is 13.8 Å². The topological polar surface area (TPSA) is 70.2 Å². The van der Waals surface area contributed by atoms with E-state index in [4.69, 9.17) is 0 Å². The SMILES string of the molecule is CCNc1ncc(C)c(N(C)CCC(=O)NC)n1. The van der Waals surface area contributed by atoms with Crippen molar-refractivity contribution in [2.75, 3.05) is 37.4 Å². The Kier molecular flexibility index (Phi) is 5.35. The van der Waals surface area contributed by atoms with Gasteiger partial charge >= 0.3 is 0 Å². The van der Waals surface area contributed by atoms with E-state index in [0.717, 1.165) is 17.9 Å². The lowest BCUT2D eigenvalue weighted by Gasteiger charge is -2.20. The Morgan fingerprint density at radius 3 is 2.83 bits per heavy atom. The second-order valence-electron chi connectivity index (χ2n) is 4.08. The lowest BCUT2D eigenvalue weighted by molar-refractivity contribution is -0.120. The van der Waals surface area contributed by atoms with Crippen molar-refractivity contribution in [1.82, 2.24) is 15.3 Å². The third kappa shape index (κ3) is 3.87. The number of carbonyl (C=O) groups is 1. The van der Waals surface area contributed by atoms with Gasteiger partial charge in [-0.3, -0.25) is 4.79 Å². The summed E-state index contributed by atoms with van der Waals surface area (Å²) in [6, 6.07) is 0. The summed E-state index contributed by atoms with van der Waals surface area (Å²) >= 11 is 0. The molecule has 0 unspecified atom stereocenters. The van der Waals surface area contributed by atoms with Crippen LogP contribution in [0.3, 0.4) is 0 Å². The molecule has 1 amide bonds. The standard InChI is InChI=1S/C12H21N5O/c1-5-14-12-15-8-9(2)11(16-12)17(4)7-6-10(18)13-3/h8H,5-7H2,1-4H3,(H,13,18)(H,14,15,16). The summed E-state index contributed by atoms with van der Waals surface area (Å²) in [7, 11) is 3.57. The molecule has 1 aromatic rings. The van der Waals surface area contributed by atoms with E-state index in [1.165, 1.54) is 0 Å². The van der Waals surface area contributed by atoms with Crippen molar-refractivity contribution in [3.63, 3.8) is 0 Å². The minimum absolute atomic E-state index is 0.0282. The van der Waals surface area contributed by atoms with Gasteiger partial charge in [-0.15, -0.1) is 0 Å². The van der Waals surface area contributed by atoms with Crippen molar-refractivity contribution in [2.24, 2.45) is 0 Å². The first-order valence-corrected chi connectivity index (χ1v) is 6.07. The fourth-order valence-corrected chi connectivity index (χ4v) is 1.56. The predicted molar refractivity (Wildman–Crippen MR) is 72.9 cm³/mol. The maximum Gasteiger partial charge on any atom is 0.224 e. The van der Waals surface area contributed by atoms with E-state index >= 15 is 0 Å². The molecule has 0 fully saturated rings. The van der Waals surface area contributed by atoms with Crippen molar-refractivity contribution >= 4 is 17.7 Å². The summed E-state index contributed by atoms with van der Waals surface area (Å²) in [6.07, 6.45) is 2.24. The van der Waals surface area contributed by atoms with Gasteiger partial charge in [-0.25, -0.2) is 4.98 Å². The third-order valence-corrected chi connectivity index (χ3v) is 2.59. The van der Waals surface area contributed by atoms with E-state index in [1.54, 1.807) is 13.2 Å². The van der Waals surface area contributed by atoms with Gasteiger partial charge in [-0.1, -0.05) is 0 Å². The Bertz CT molecular complexity index is 407. The van der Waals surface area contributed by atoms with Crippen molar-refractivity contribution in [3.05, 3.63) is 11.8 Å². The Morgan fingerprint density at radius 2 is 2.22 bits per heavy atom. The molecule has 0 aliphatic heterocycles. The lowest BCUT2D eigenvalue weighted by Crippen LogP contribution is -2.27. The molecule has 1 aromatic heterocycles. The van der Waals surface area contributed by atoms with Gasteiger partial charge in [0.2, 0.25) is 11.9 Å². The summed E-state index contributed by atoms with van der Waals surface area (Å²) in [4.78, 5) is 21.8. The van der Waals surface area contributed by atoms with Crippen LogP contribution in [0.2, 0.25) is 0 Å². The first kappa shape index (κ1) is 14.2. The number of rotatable bonds is 6. The number of amides is 1. The van der Waals surface area contributed by atoms with Crippen LogP contribution >= 0.6 is 0 Å². The maximum atomic E-state index is 11.2. The molecule has 6 nitrogen and oxygen atoms in total. The van der Waals surface area contributed by atoms with Crippen LogP contribution in [0.25, 0.3) is 0 Å². The van der Waals surface area contributed by atoms with Gasteiger partial charge in [0.25, 0.3) is 0 Å².